The van der Waals surface area contributed by atoms with Crippen LogP contribution in [-0.2, 0) is 9.53 Å². The maximum atomic E-state index is 11.4. The summed E-state index contributed by atoms with van der Waals surface area (Å²) in [5.41, 5.74) is 2.34. The number of hydrogen-bond donors (Lipinski definition) is 1. The summed E-state index contributed by atoms with van der Waals surface area (Å²) in [5, 5.41) is 1.07. The largest absolute Gasteiger partial charge is 0.464 e. The van der Waals surface area contributed by atoms with Crippen LogP contribution in [0.4, 0.5) is 0 Å². The molecule has 5 heteroatoms. The highest BCUT2D eigenvalue weighted by atomic mass is 32.2. The first kappa shape index (κ1) is 14.4. The van der Waals surface area contributed by atoms with Crippen molar-refractivity contribution in [3.05, 3.63) is 41.6 Å². The SMILES string of the molecule is COC(=O)c1cc2ccc(C=CCSC(C)=O)cc2[nH]1. The van der Waals surface area contributed by atoms with Crippen molar-refractivity contribution in [2.45, 2.75) is 6.92 Å². The first-order chi connectivity index (χ1) is 9.60. The van der Waals surface area contributed by atoms with E-state index >= 15 is 0 Å². The number of benzene rings is 1. The van der Waals surface area contributed by atoms with E-state index in [1.807, 2.05) is 30.4 Å². The number of methoxy groups -OCH3 is 1. The van der Waals surface area contributed by atoms with E-state index in [1.165, 1.54) is 18.9 Å². The lowest BCUT2D eigenvalue weighted by Gasteiger charge is -1.95. The summed E-state index contributed by atoms with van der Waals surface area (Å²) in [4.78, 5) is 25.3. The Bertz CT molecular complexity index is 673. The van der Waals surface area contributed by atoms with Gasteiger partial charge in [-0.05, 0) is 17.7 Å². The zero-order valence-corrected chi connectivity index (χ0v) is 12.1. The lowest BCUT2D eigenvalue weighted by atomic mass is 10.1. The molecule has 2 aromatic rings. The molecule has 0 radical (unpaired) electrons. The van der Waals surface area contributed by atoms with Crippen LogP contribution in [0.15, 0.2) is 30.3 Å². The molecule has 1 aromatic carbocycles. The predicted molar refractivity (Wildman–Crippen MR) is 81.8 cm³/mol. The second-order valence-corrected chi connectivity index (χ2v) is 5.42. The van der Waals surface area contributed by atoms with Gasteiger partial charge in [-0.1, -0.05) is 36.0 Å². The highest BCUT2D eigenvalue weighted by Gasteiger charge is 2.08. The average molecular weight is 289 g/mol. The molecule has 0 aliphatic carbocycles. The molecule has 0 amide bonds. The van der Waals surface area contributed by atoms with Gasteiger partial charge in [0.2, 0.25) is 0 Å². The Morgan fingerprint density at radius 1 is 1.35 bits per heavy atom. The molecule has 0 aliphatic heterocycles. The molecule has 0 saturated carbocycles. The van der Waals surface area contributed by atoms with Crippen LogP contribution < -0.4 is 0 Å². The maximum Gasteiger partial charge on any atom is 0.354 e. The predicted octanol–water partition coefficient (Wildman–Crippen LogP) is 3.25. The van der Waals surface area contributed by atoms with E-state index in [-0.39, 0.29) is 11.1 Å². The van der Waals surface area contributed by atoms with Crippen LogP contribution in [0.25, 0.3) is 17.0 Å². The fourth-order valence-corrected chi connectivity index (χ4v) is 2.25. The quantitative estimate of drug-likeness (QED) is 0.878. The minimum absolute atomic E-state index is 0.109. The third-order valence-corrected chi connectivity index (χ3v) is 3.51. The Morgan fingerprint density at radius 2 is 2.15 bits per heavy atom. The number of esters is 1. The summed E-state index contributed by atoms with van der Waals surface area (Å²) in [6, 6.07) is 7.62. The zero-order valence-electron chi connectivity index (χ0n) is 11.3. The van der Waals surface area contributed by atoms with Crippen LogP contribution in [0.1, 0.15) is 23.0 Å². The van der Waals surface area contributed by atoms with Crippen molar-refractivity contribution in [1.29, 1.82) is 0 Å². The number of thioether (sulfide) groups is 1. The number of carbonyl (C=O) groups excluding carboxylic acids is 2. The summed E-state index contributed by atoms with van der Waals surface area (Å²) < 4.78 is 4.68. The maximum absolute atomic E-state index is 11.4. The molecule has 0 saturated heterocycles. The van der Waals surface area contributed by atoms with Crippen LogP contribution in [0.2, 0.25) is 0 Å². The Kier molecular flexibility index (Phi) is 4.63. The van der Waals surface area contributed by atoms with Crippen molar-refractivity contribution >= 4 is 39.8 Å². The van der Waals surface area contributed by atoms with Gasteiger partial charge in [0, 0.05) is 23.6 Å². The summed E-state index contributed by atoms with van der Waals surface area (Å²) >= 11 is 1.27. The number of H-pyrrole nitrogens is 1. The van der Waals surface area contributed by atoms with Gasteiger partial charge in [0.05, 0.1) is 7.11 Å². The standard InChI is InChI=1S/C15H15NO3S/c1-10(17)20-7-3-4-11-5-6-12-9-14(15(18)19-2)16-13(12)8-11/h3-6,8-9,16H,7H2,1-2H3. The van der Waals surface area contributed by atoms with Crippen molar-refractivity contribution in [2.75, 3.05) is 12.9 Å². The normalized spacial score (nSPS) is 11.1. The zero-order chi connectivity index (χ0) is 14.5. The molecule has 104 valence electrons. The molecule has 1 N–H and O–H groups in total. The molecule has 1 heterocycles. The number of aromatic amines is 1. The first-order valence-corrected chi connectivity index (χ1v) is 7.09. The minimum Gasteiger partial charge on any atom is -0.464 e. The van der Waals surface area contributed by atoms with Gasteiger partial charge >= 0.3 is 5.97 Å². The van der Waals surface area contributed by atoms with Crippen LogP contribution in [-0.4, -0.2) is 28.9 Å². The number of rotatable bonds is 4. The number of hydrogen-bond acceptors (Lipinski definition) is 4. The molecule has 0 bridgehead atoms. The fraction of sp³-hybridized carbons (Fsp3) is 0.200. The van der Waals surface area contributed by atoms with Gasteiger partial charge < -0.3 is 9.72 Å². The smallest absolute Gasteiger partial charge is 0.354 e. The molecular formula is C15H15NO3S. The second-order valence-electron chi connectivity index (χ2n) is 4.23. The van der Waals surface area contributed by atoms with E-state index in [0.717, 1.165) is 16.5 Å². The molecule has 4 nitrogen and oxygen atoms in total. The lowest BCUT2D eigenvalue weighted by molar-refractivity contribution is -0.109. The second kappa shape index (κ2) is 6.43. The molecule has 0 fully saturated rings. The van der Waals surface area contributed by atoms with Crippen LogP contribution in [0.3, 0.4) is 0 Å². The molecule has 0 atom stereocenters. The Morgan fingerprint density at radius 3 is 2.85 bits per heavy atom. The summed E-state index contributed by atoms with van der Waals surface area (Å²) in [6.07, 6.45) is 3.89. The summed E-state index contributed by atoms with van der Waals surface area (Å²) in [5.74, 6) is 0.280. The highest BCUT2D eigenvalue weighted by molar-refractivity contribution is 8.13. The van der Waals surface area contributed by atoms with Crippen molar-refractivity contribution < 1.29 is 14.3 Å². The van der Waals surface area contributed by atoms with E-state index in [9.17, 15) is 9.59 Å². The highest BCUT2D eigenvalue weighted by Crippen LogP contribution is 2.18. The molecule has 0 spiro atoms. The molecule has 20 heavy (non-hydrogen) atoms. The van der Waals surface area contributed by atoms with Gasteiger partial charge in [-0.15, -0.1) is 0 Å². The van der Waals surface area contributed by atoms with E-state index in [0.29, 0.717) is 11.4 Å². The number of aromatic nitrogens is 1. The number of nitrogens with one attached hydrogen (secondary N) is 1. The molecule has 2 rings (SSSR count). The van der Waals surface area contributed by atoms with Gasteiger partial charge in [-0.2, -0.15) is 0 Å². The van der Waals surface area contributed by atoms with Crippen LogP contribution in [0.5, 0.6) is 0 Å². The van der Waals surface area contributed by atoms with E-state index in [1.54, 1.807) is 13.0 Å². The first-order valence-electron chi connectivity index (χ1n) is 6.11. The number of carbonyl (C=O) groups is 2. The van der Waals surface area contributed by atoms with E-state index in [4.69, 9.17) is 0 Å². The Labute approximate surface area is 121 Å². The molecule has 0 unspecified atom stereocenters. The average Bonchev–Trinajstić information content (AvgIpc) is 2.85. The van der Waals surface area contributed by atoms with E-state index in [2.05, 4.69) is 9.72 Å². The van der Waals surface area contributed by atoms with Crippen LogP contribution in [0, 0.1) is 0 Å². The Balaban J connectivity index is 2.16. The van der Waals surface area contributed by atoms with Crippen LogP contribution >= 0.6 is 11.8 Å². The molecule has 0 aliphatic rings. The van der Waals surface area contributed by atoms with Gasteiger partial charge in [0.1, 0.15) is 5.69 Å². The summed E-state index contributed by atoms with van der Waals surface area (Å²) in [7, 11) is 1.36. The van der Waals surface area contributed by atoms with Crippen molar-refractivity contribution in [2.24, 2.45) is 0 Å². The summed E-state index contributed by atoms with van der Waals surface area (Å²) in [6.45, 7) is 1.55. The number of fused-ring (bicyclic) bond motifs is 1. The van der Waals surface area contributed by atoms with Gasteiger partial charge in [0.25, 0.3) is 0 Å². The Hall–Kier alpha value is -2.01. The topological polar surface area (TPSA) is 59.2 Å². The molecule has 1 aromatic heterocycles. The van der Waals surface area contributed by atoms with Crippen molar-refractivity contribution in [3.63, 3.8) is 0 Å². The minimum atomic E-state index is -0.379. The third kappa shape index (κ3) is 3.51. The number of ether oxygens (including phenoxy) is 1. The van der Waals surface area contributed by atoms with Gasteiger partial charge in [0.15, 0.2) is 5.12 Å². The monoisotopic (exact) mass is 289 g/mol. The van der Waals surface area contributed by atoms with E-state index < -0.39 is 0 Å². The fourth-order valence-electron chi connectivity index (χ4n) is 1.82. The molecular weight excluding hydrogens is 274 g/mol. The van der Waals surface area contributed by atoms with Gasteiger partial charge in [-0.25, -0.2) is 4.79 Å². The van der Waals surface area contributed by atoms with Crippen molar-refractivity contribution in [3.8, 4) is 0 Å². The van der Waals surface area contributed by atoms with Gasteiger partial charge in [-0.3, -0.25) is 4.79 Å². The van der Waals surface area contributed by atoms with Crippen molar-refractivity contribution in [1.82, 2.24) is 4.98 Å². The third-order valence-electron chi connectivity index (χ3n) is 2.74. The lowest BCUT2D eigenvalue weighted by Crippen LogP contribution is -2.00.